The van der Waals surface area contributed by atoms with E-state index in [1.807, 2.05) is 17.5 Å². The normalized spacial score (nSPS) is 16.4. The van der Waals surface area contributed by atoms with Crippen LogP contribution in [0.1, 0.15) is 34.1 Å². The van der Waals surface area contributed by atoms with E-state index < -0.39 is 0 Å². The van der Waals surface area contributed by atoms with Crippen LogP contribution in [0, 0.1) is 5.92 Å². The summed E-state index contributed by atoms with van der Waals surface area (Å²) < 4.78 is 12.1. The van der Waals surface area contributed by atoms with Gasteiger partial charge in [0.05, 0.1) is 18.7 Å². The average Bonchev–Trinajstić information content (AvgIpc) is 3.16. The van der Waals surface area contributed by atoms with Crippen LogP contribution < -0.4 is 15.6 Å². The van der Waals surface area contributed by atoms with Crippen molar-refractivity contribution in [1.82, 2.24) is 9.88 Å². The Morgan fingerprint density at radius 1 is 1.44 bits per heavy atom. The SMILES string of the molecule is COc1cc(=O)n(C)cc1C(=O)NC(c1cccs1)C1CCOCC1. The number of methoxy groups -OCH3 is 1. The van der Waals surface area contributed by atoms with Crippen molar-refractivity contribution in [2.45, 2.75) is 18.9 Å². The molecule has 1 aliphatic rings. The molecule has 3 rings (SSSR count). The lowest BCUT2D eigenvalue weighted by Gasteiger charge is -2.30. The number of carbonyl (C=O) groups is 1. The van der Waals surface area contributed by atoms with Crippen molar-refractivity contribution in [1.29, 1.82) is 0 Å². The number of carbonyl (C=O) groups excluding carboxylic acids is 1. The van der Waals surface area contributed by atoms with Gasteiger partial charge in [-0.1, -0.05) is 6.07 Å². The Morgan fingerprint density at radius 2 is 2.20 bits per heavy atom. The Labute approximate surface area is 150 Å². The molecule has 0 aromatic carbocycles. The van der Waals surface area contributed by atoms with E-state index >= 15 is 0 Å². The van der Waals surface area contributed by atoms with Crippen LogP contribution in [0.3, 0.4) is 0 Å². The Hall–Kier alpha value is -2.12. The van der Waals surface area contributed by atoms with Crippen LogP contribution in [-0.2, 0) is 11.8 Å². The second-order valence-electron chi connectivity index (χ2n) is 6.12. The van der Waals surface area contributed by atoms with E-state index in [4.69, 9.17) is 9.47 Å². The van der Waals surface area contributed by atoms with Crippen molar-refractivity contribution < 1.29 is 14.3 Å². The summed E-state index contributed by atoms with van der Waals surface area (Å²) in [6, 6.07) is 5.30. The van der Waals surface area contributed by atoms with E-state index in [1.165, 1.54) is 23.9 Å². The van der Waals surface area contributed by atoms with Gasteiger partial charge >= 0.3 is 0 Å². The molecule has 0 saturated carbocycles. The minimum absolute atomic E-state index is 0.0710. The van der Waals surface area contributed by atoms with Crippen LogP contribution >= 0.6 is 11.3 Å². The van der Waals surface area contributed by atoms with Crippen molar-refractivity contribution in [3.63, 3.8) is 0 Å². The number of hydrogen-bond donors (Lipinski definition) is 1. The number of aryl methyl sites for hydroxylation is 1. The van der Waals surface area contributed by atoms with E-state index in [0.29, 0.717) is 24.7 Å². The minimum atomic E-state index is -0.239. The smallest absolute Gasteiger partial charge is 0.257 e. The van der Waals surface area contributed by atoms with Crippen molar-refractivity contribution in [3.05, 3.63) is 50.6 Å². The third-order valence-electron chi connectivity index (χ3n) is 4.53. The maximum Gasteiger partial charge on any atom is 0.257 e. The number of amides is 1. The molecule has 7 heteroatoms. The molecule has 3 heterocycles. The van der Waals surface area contributed by atoms with Crippen LogP contribution in [-0.4, -0.2) is 30.8 Å². The Kier molecular flexibility index (Phi) is 5.55. The van der Waals surface area contributed by atoms with Crippen LogP contribution in [0.15, 0.2) is 34.6 Å². The zero-order valence-electron chi connectivity index (χ0n) is 14.4. The average molecular weight is 362 g/mol. The van der Waals surface area contributed by atoms with Crippen LogP contribution in [0.25, 0.3) is 0 Å². The number of nitrogens with zero attached hydrogens (tertiary/aromatic N) is 1. The van der Waals surface area contributed by atoms with Crippen LogP contribution in [0.2, 0.25) is 0 Å². The number of nitrogens with one attached hydrogen (secondary N) is 1. The van der Waals surface area contributed by atoms with Gasteiger partial charge in [-0.05, 0) is 30.2 Å². The molecule has 1 aliphatic heterocycles. The monoisotopic (exact) mass is 362 g/mol. The van der Waals surface area contributed by atoms with Gasteiger partial charge in [-0.15, -0.1) is 11.3 Å². The summed E-state index contributed by atoms with van der Waals surface area (Å²) in [5.74, 6) is 0.379. The molecule has 0 radical (unpaired) electrons. The highest BCUT2D eigenvalue weighted by atomic mass is 32.1. The van der Waals surface area contributed by atoms with Gasteiger partial charge in [0.25, 0.3) is 11.5 Å². The number of hydrogen-bond acceptors (Lipinski definition) is 5. The van der Waals surface area contributed by atoms with Gasteiger partial charge in [0.1, 0.15) is 5.75 Å². The number of ether oxygens (including phenoxy) is 2. The number of thiophene rings is 1. The van der Waals surface area contributed by atoms with E-state index in [9.17, 15) is 9.59 Å². The maximum atomic E-state index is 12.9. The van der Waals surface area contributed by atoms with Gasteiger partial charge in [-0.25, -0.2) is 0 Å². The van der Waals surface area contributed by atoms with E-state index in [2.05, 4.69) is 5.32 Å². The predicted molar refractivity (Wildman–Crippen MR) is 96.3 cm³/mol. The summed E-state index contributed by atoms with van der Waals surface area (Å²) in [5.41, 5.74) is 0.144. The minimum Gasteiger partial charge on any atom is -0.496 e. The first-order valence-electron chi connectivity index (χ1n) is 8.27. The first kappa shape index (κ1) is 17.7. The predicted octanol–water partition coefficient (Wildman–Crippen LogP) is 2.35. The molecular weight excluding hydrogens is 340 g/mol. The summed E-state index contributed by atoms with van der Waals surface area (Å²) in [4.78, 5) is 25.8. The Bertz CT molecular complexity index is 779. The standard InChI is InChI=1S/C18H22N2O4S/c1-20-11-13(14(23-2)10-16(20)21)18(22)19-17(15-4-3-9-25-15)12-5-7-24-8-6-12/h3-4,9-12,17H,5-8H2,1-2H3,(H,19,22). The summed E-state index contributed by atoms with van der Waals surface area (Å²) in [6.45, 7) is 1.43. The molecule has 0 aliphatic carbocycles. The molecule has 1 amide bonds. The lowest BCUT2D eigenvalue weighted by atomic mass is 9.90. The van der Waals surface area contributed by atoms with Crippen LogP contribution in [0.4, 0.5) is 0 Å². The quantitative estimate of drug-likeness (QED) is 0.886. The van der Waals surface area contributed by atoms with Gasteiger partial charge in [-0.2, -0.15) is 0 Å². The number of pyridine rings is 1. The zero-order valence-corrected chi connectivity index (χ0v) is 15.2. The summed E-state index contributed by atoms with van der Waals surface area (Å²) in [7, 11) is 3.08. The Balaban J connectivity index is 1.88. The summed E-state index contributed by atoms with van der Waals surface area (Å²) >= 11 is 1.64. The highest BCUT2D eigenvalue weighted by molar-refractivity contribution is 7.10. The van der Waals surface area contributed by atoms with Crippen molar-refractivity contribution in [2.75, 3.05) is 20.3 Å². The fourth-order valence-electron chi connectivity index (χ4n) is 3.11. The topological polar surface area (TPSA) is 69.6 Å². The highest BCUT2D eigenvalue weighted by Gasteiger charge is 2.29. The van der Waals surface area contributed by atoms with Gasteiger partial charge in [0.15, 0.2) is 0 Å². The van der Waals surface area contributed by atoms with Crippen molar-refractivity contribution >= 4 is 17.2 Å². The molecule has 25 heavy (non-hydrogen) atoms. The first-order chi connectivity index (χ1) is 12.1. The fourth-order valence-corrected chi connectivity index (χ4v) is 3.98. The molecule has 1 atom stereocenters. The molecule has 0 bridgehead atoms. The molecular formula is C18H22N2O4S. The highest BCUT2D eigenvalue weighted by Crippen LogP contribution is 2.33. The molecule has 134 valence electrons. The Morgan fingerprint density at radius 3 is 2.84 bits per heavy atom. The molecule has 1 N–H and O–H groups in total. The van der Waals surface area contributed by atoms with Crippen LogP contribution in [0.5, 0.6) is 5.75 Å². The van der Waals surface area contributed by atoms with Crippen molar-refractivity contribution in [3.8, 4) is 5.75 Å². The largest absolute Gasteiger partial charge is 0.496 e. The van der Waals surface area contributed by atoms with E-state index in [0.717, 1.165) is 17.7 Å². The first-order valence-corrected chi connectivity index (χ1v) is 9.15. The van der Waals surface area contributed by atoms with Gasteiger partial charge < -0.3 is 19.4 Å². The number of rotatable bonds is 5. The van der Waals surface area contributed by atoms with Gasteiger partial charge in [0.2, 0.25) is 0 Å². The summed E-state index contributed by atoms with van der Waals surface area (Å²) in [6.07, 6.45) is 3.34. The maximum absolute atomic E-state index is 12.9. The molecule has 1 unspecified atom stereocenters. The van der Waals surface area contributed by atoms with Crippen molar-refractivity contribution in [2.24, 2.45) is 13.0 Å². The zero-order chi connectivity index (χ0) is 17.8. The molecule has 0 spiro atoms. The second-order valence-corrected chi connectivity index (χ2v) is 7.10. The molecule has 2 aromatic rings. The third-order valence-corrected chi connectivity index (χ3v) is 5.48. The van der Waals surface area contributed by atoms with E-state index in [-0.39, 0.29) is 23.3 Å². The van der Waals surface area contributed by atoms with E-state index in [1.54, 1.807) is 18.4 Å². The summed E-state index contributed by atoms with van der Waals surface area (Å²) in [5, 5.41) is 5.16. The lowest BCUT2D eigenvalue weighted by Crippen LogP contribution is -2.36. The molecule has 1 saturated heterocycles. The van der Waals surface area contributed by atoms with Gasteiger partial charge in [0, 0.05) is 37.4 Å². The molecule has 2 aromatic heterocycles. The molecule has 6 nitrogen and oxygen atoms in total. The second kappa shape index (κ2) is 7.84. The lowest BCUT2D eigenvalue weighted by molar-refractivity contribution is 0.0518. The van der Waals surface area contributed by atoms with Gasteiger partial charge in [-0.3, -0.25) is 9.59 Å². The molecule has 1 fully saturated rings. The third kappa shape index (κ3) is 3.93. The fraction of sp³-hybridized carbons (Fsp3) is 0.444. The number of aromatic nitrogens is 1.